The molecule has 0 saturated heterocycles. The Morgan fingerprint density at radius 2 is 1.93 bits per heavy atom. The molecular weight excluding hydrogens is 186 g/mol. The number of hydrogen-bond donors (Lipinski definition) is 0. The molecule has 0 fully saturated rings. The van der Waals surface area contributed by atoms with E-state index in [1.54, 1.807) is 13.3 Å². The van der Waals surface area contributed by atoms with Gasteiger partial charge in [0.1, 0.15) is 0 Å². The van der Waals surface area contributed by atoms with Gasteiger partial charge in [-0.05, 0) is 24.1 Å². The lowest BCUT2D eigenvalue weighted by atomic mass is 10.0. The van der Waals surface area contributed by atoms with Crippen LogP contribution in [0, 0.1) is 6.92 Å². The Labute approximate surface area is 89.6 Å². The molecule has 74 valence electrons. The molecule has 2 radical (unpaired) electrons. The first kappa shape index (κ1) is 9.71. The van der Waals surface area contributed by atoms with Gasteiger partial charge in [0.2, 0.25) is 5.88 Å². The molecule has 0 atom stereocenters. The van der Waals surface area contributed by atoms with E-state index in [1.807, 2.05) is 36.4 Å². The minimum Gasteiger partial charge on any atom is -0.481 e. The van der Waals surface area contributed by atoms with Crippen molar-refractivity contribution in [2.75, 3.05) is 7.11 Å². The topological polar surface area (TPSA) is 22.1 Å². The largest absolute Gasteiger partial charge is 0.481 e. The zero-order valence-corrected chi connectivity index (χ0v) is 8.47. The molecule has 0 bridgehead atoms. The van der Waals surface area contributed by atoms with Crippen LogP contribution in [0.25, 0.3) is 11.1 Å². The van der Waals surface area contributed by atoms with Crippen LogP contribution in [0.15, 0.2) is 42.6 Å². The molecule has 1 aromatic heterocycles. The van der Waals surface area contributed by atoms with Crippen LogP contribution in [0.4, 0.5) is 0 Å². The van der Waals surface area contributed by atoms with E-state index >= 15 is 0 Å². The van der Waals surface area contributed by atoms with Crippen molar-refractivity contribution in [2.24, 2.45) is 0 Å². The monoisotopic (exact) mass is 197 g/mol. The van der Waals surface area contributed by atoms with E-state index in [4.69, 9.17) is 11.7 Å². The van der Waals surface area contributed by atoms with Crippen molar-refractivity contribution in [3.63, 3.8) is 0 Å². The van der Waals surface area contributed by atoms with Crippen molar-refractivity contribution < 1.29 is 4.74 Å². The van der Waals surface area contributed by atoms with E-state index in [2.05, 4.69) is 4.98 Å². The number of nitrogens with zero attached hydrogens (tertiary/aromatic N) is 1. The molecule has 0 aliphatic carbocycles. The van der Waals surface area contributed by atoms with E-state index < -0.39 is 0 Å². The second-order valence-electron chi connectivity index (χ2n) is 3.18. The Morgan fingerprint density at radius 3 is 2.53 bits per heavy atom. The maximum absolute atomic E-state index is 5.86. The van der Waals surface area contributed by atoms with Gasteiger partial charge in [-0.3, -0.25) is 0 Å². The highest BCUT2D eigenvalue weighted by molar-refractivity contribution is 5.67. The summed E-state index contributed by atoms with van der Waals surface area (Å²) in [5, 5.41) is 0. The standard InChI is InChI=1S/C13H11NO/c1-10-5-3-4-6-12(10)11-7-8-13(15-2)14-9-11/h1,3-9H,2H3. The van der Waals surface area contributed by atoms with Crippen LogP contribution in [0.5, 0.6) is 5.88 Å². The zero-order chi connectivity index (χ0) is 10.7. The Morgan fingerprint density at radius 1 is 1.13 bits per heavy atom. The molecule has 0 saturated carbocycles. The third-order valence-corrected chi connectivity index (χ3v) is 2.22. The Balaban J connectivity index is 2.42. The predicted molar refractivity (Wildman–Crippen MR) is 59.6 cm³/mol. The average Bonchev–Trinajstić information content (AvgIpc) is 2.30. The van der Waals surface area contributed by atoms with Crippen molar-refractivity contribution in [1.82, 2.24) is 4.98 Å². The second-order valence-corrected chi connectivity index (χ2v) is 3.18. The summed E-state index contributed by atoms with van der Waals surface area (Å²) in [6.45, 7) is 5.86. The minimum atomic E-state index is 0.605. The van der Waals surface area contributed by atoms with Gasteiger partial charge in [0.25, 0.3) is 0 Å². The van der Waals surface area contributed by atoms with Crippen molar-refractivity contribution >= 4 is 0 Å². The highest BCUT2D eigenvalue weighted by Gasteiger charge is 2.01. The van der Waals surface area contributed by atoms with Crippen LogP contribution in [0.2, 0.25) is 0 Å². The fourth-order valence-corrected chi connectivity index (χ4v) is 1.42. The lowest BCUT2D eigenvalue weighted by molar-refractivity contribution is 0.398. The highest BCUT2D eigenvalue weighted by Crippen LogP contribution is 2.23. The molecule has 0 aliphatic heterocycles. The number of ether oxygens (including phenoxy) is 1. The summed E-state index contributed by atoms with van der Waals surface area (Å²) < 4.78 is 4.99. The van der Waals surface area contributed by atoms with Gasteiger partial charge in [-0.2, -0.15) is 0 Å². The van der Waals surface area contributed by atoms with E-state index in [0.717, 1.165) is 16.7 Å². The Kier molecular flexibility index (Phi) is 2.68. The maximum atomic E-state index is 5.86. The number of rotatable bonds is 2. The molecule has 0 unspecified atom stereocenters. The first-order chi connectivity index (χ1) is 7.31. The van der Waals surface area contributed by atoms with Crippen LogP contribution in [0.1, 0.15) is 5.56 Å². The lowest BCUT2D eigenvalue weighted by Crippen LogP contribution is -1.88. The van der Waals surface area contributed by atoms with Crippen molar-refractivity contribution in [3.8, 4) is 17.0 Å². The van der Waals surface area contributed by atoms with Crippen molar-refractivity contribution in [2.45, 2.75) is 0 Å². The lowest BCUT2D eigenvalue weighted by Gasteiger charge is -2.05. The van der Waals surface area contributed by atoms with Gasteiger partial charge < -0.3 is 4.74 Å². The summed E-state index contributed by atoms with van der Waals surface area (Å²) in [6.07, 6.45) is 1.75. The van der Waals surface area contributed by atoms with Gasteiger partial charge in [0.05, 0.1) is 7.11 Å². The number of benzene rings is 1. The minimum absolute atomic E-state index is 0.605. The van der Waals surface area contributed by atoms with Gasteiger partial charge in [0.15, 0.2) is 0 Å². The van der Waals surface area contributed by atoms with Gasteiger partial charge in [-0.15, -0.1) is 0 Å². The molecule has 0 spiro atoms. The summed E-state index contributed by atoms with van der Waals surface area (Å²) in [5.74, 6) is 0.605. The van der Waals surface area contributed by atoms with Crippen LogP contribution < -0.4 is 4.74 Å². The fraction of sp³-hybridized carbons (Fsp3) is 0.0769. The third-order valence-electron chi connectivity index (χ3n) is 2.22. The second kappa shape index (κ2) is 4.13. The highest BCUT2D eigenvalue weighted by atomic mass is 16.5. The molecule has 2 rings (SSSR count). The molecular formula is C13H11NO. The van der Waals surface area contributed by atoms with Crippen LogP contribution in [0.3, 0.4) is 0 Å². The van der Waals surface area contributed by atoms with Crippen LogP contribution >= 0.6 is 0 Å². The summed E-state index contributed by atoms with van der Waals surface area (Å²) in [7, 11) is 1.60. The average molecular weight is 197 g/mol. The van der Waals surface area contributed by atoms with Crippen molar-refractivity contribution in [1.29, 1.82) is 0 Å². The third kappa shape index (κ3) is 1.99. The summed E-state index contributed by atoms with van der Waals surface area (Å²) in [6, 6.07) is 11.5. The molecule has 0 amide bonds. The molecule has 2 aromatic rings. The van der Waals surface area contributed by atoms with E-state index in [0.29, 0.717) is 5.88 Å². The molecule has 2 heteroatoms. The van der Waals surface area contributed by atoms with Crippen LogP contribution in [-0.2, 0) is 0 Å². The van der Waals surface area contributed by atoms with Crippen LogP contribution in [-0.4, -0.2) is 12.1 Å². The zero-order valence-electron chi connectivity index (χ0n) is 8.47. The normalized spacial score (nSPS) is 10.0. The number of hydrogen-bond acceptors (Lipinski definition) is 2. The summed E-state index contributed by atoms with van der Waals surface area (Å²) >= 11 is 0. The van der Waals surface area contributed by atoms with E-state index in [1.165, 1.54) is 0 Å². The fourth-order valence-electron chi connectivity index (χ4n) is 1.42. The summed E-state index contributed by atoms with van der Waals surface area (Å²) in [5.41, 5.74) is 2.74. The molecule has 1 aromatic carbocycles. The van der Waals surface area contributed by atoms with Crippen molar-refractivity contribution in [3.05, 3.63) is 55.1 Å². The van der Waals surface area contributed by atoms with Gasteiger partial charge in [-0.1, -0.05) is 24.3 Å². The SMILES string of the molecule is [CH]c1ccccc1-c1ccc(OC)nc1. The van der Waals surface area contributed by atoms with E-state index in [9.17, 15) is 0 Å². The van der Waals surface area contributed by atoms with Gasteiger partial charge >= 0.3 is 0 Å². The molecule has 1 heterocycles. The number of methoxy groups -OCH3 is 1. The quantitative estimate of drug-likeness (QED) is 0.738. The molecule has 0 aliphatic rings. The number of pyridine rings is 1. The Bertz CT molecular complexity index is 448. The van der Waals surface area contributed by atoms with Gasteiger partial charge in [0, 0.05) is 17.8 Å². The molecule has 2 nitrogen and oxygen atoms in total. The first-order valence-electron chi connectivity index (χ1n) is 4.66. The molecule has 0 N–H and O–H groups in total. The Hall–Kier alpha value is -1.83. The summed E-state index contributed by atoms with van der Waals surface area (Å²) in [4.78, 5) is 4.14. The maximum Gasteiger partial charge on any atom is 0.212 e. The number of aromatic nitrogens is 1. The first-order valence-corrected chi connectivity index (χ1v) is 4.66. The predicted octanol–water partition coefficient (Wildman–Crippen LogP) is 2.82. The van der Waals surface area contributed by atoms with Gasteiger partial charge in [-0.25, -0.2) is 4.98 Å². The van der Waals surface area contributed by atoms with E-state index in [-0.39, 0.29) is 0 Å². The smallest absolute Gasteiger partial charge is 0.212 e. The molecule has 15 heavy (non-hydrogen) atoms.